The van der Waals surface area contributed by atoms with Gasteiger partial charge in [-0.05, 0) is 44.0 Å². The number of amides is 2. The SMILES string of the molecule is Cc1cnc(N2CCN(C(=O)c3ccc(N4C(=O)OC[C@H]4C)nn3)CC2)c(C)c1. The molecule has 2 aliphatic rings. The van der Waals surface area contributed by atoms with Crippen LogP contribution in [0.2, 0.25) is 0 Å². The summed E-state index contributed by atoms with van der Waals surface area (Å²) < 4.78 is 5.00. The van der Waals surface area contributed by atoms with E-state index in [1.54, 1.807) is 17.0 Å². The number of pyridine rings is 1. The topological polar surface area (TPSA) is 91.8 Å². The standard InChI is InChI=1S/C20H24N6O3/c1-13-10-14(2)18(21-11-13)24-6-8-25(9-7-24)19(27)16-4-5-17(23-22-16)26-15(3)12-29-20(26)28/h4-5,10-11,15H,6-9,12H2,1-3H3/t15-/m1/s1. The molecule has 0 N–H and O–H groups in total. The molecule has 0 unspecified atom stereocenters. The zero-order chi connectivity index (χ0) is 20.5. The van der Waals surface area contributed by atoms with Gasteiger partial charge in [-0.1, -0.05) is 6.07 Å². The molecule has 0 aliphatic carbocycles. The normalized spacial score (nSPS) is 19.5. The highest BCUT2D eigenvalue weighted by atomic mass is 16.6. The lowest BCUT2D eigenvalue weighted by Gasteiger charge is -2.35. The molecular weight excluding hydrogens is 372 g/mol. The second kappa shape index (κ2) is 7.65. The lowest BCUT2D eigenvalue weighted by atomic mass is 10.2. The highest BCUT2D eigenvalue weighted by molar-refractivity contribution is 5.93. The van der Waals surface area contributed by atoms with Gasteiger partial charge in [0.25, 0.3) is 5.91 Å². The molecule has 9 nitrogen and oxygen atoms in total. The summed E-state index contributed by atoms with van der Waals surface area (Å²) >= 11 is 0. The van der Waals surface area contributed by atoms with Crippen LogP contribution in [-0.2, 0) is 4.74 Å². The first-order valence-electron chi connectivity index (χ1n) is 9.71. The van der Waals surface area contributed by atoms with Gasteiger partial charge in [0.1, 0.15) is 12.4 Å². The maximum absolute atomic E-state index is 12.8. The third-order valence-electron chi connectivity index (χ3n) is 5.26. The summed E-state index contributed by atoms with van der Waals surface area (Å²) in [6.07, 6.45) is 1.43. The van der Waals surface area contributed by atoms with E-state index in [1.807, 2.05) is 20.0 Å². The monoisotopic (exact) mass is 396 g/mol. The quantitative estimate of drug-likeness (QED) is 0.781. The van der Waals surface area contributed by atoms with Crippen molar-refractivity contribution in [2.45, 2.75) is 26.8 Å². The Morgan fingerprint density at radius 2 is 1.90 bits per heavy atom. The van der Waals surface area contributed by atoms with Crippen LogP contribution in [0.1, 0.15) is 28.5 Å². The van der Waals surface area contributed by atoms with Crippen molar-refractivity contribution in [3.8, 4) is 0 Å². The van der Waals surface area contributed by atoms with Crippen LogP contribution in [0.25, 0.3) is 0 Å². The van der Waals surface area contributed by atoms with Crippen molar-refractivity contribution in [2.24, 2.45) is 0 Å². The second-order valence-electron chi connectivity index (χ2n) is 7.51. The number of ether oxygens (including phenoxy) is 1. The predicted octanol–water partition coefficient (Wildman–Crippen LogP) is 1.80. The Labute approximate surface area is 169 Å². The first-order chi connectivity index (χ1) is 13.9. The summed E-state index contributed by atoms with van der Waals surface area (Å²) in [6, 6.07) is 5.26. The number of anilines is 2. The summed E-state index contributed by atoms with van der Waals surface area (Å²) in [5, 5.41) is 8.12. The van der Waals surface area contributed by atoms with E-state index >= 15 is 0 Å². The van der Waals surface area contributed by atoms with Crippen molar-refractivity contribution in [3.63, 3.8) is 0 Å². The highest BCUT2D eigenvalue weighted by Crippen LogP contribution is 2.22. The van der Waals surface area contributed by atoms with E-state index < -0.39 is 6.09 Å². The van der Waals surface area contributed by atoms with Crippen molar-refractivity contribution >= 4 is 23.6 Å². The van der Waals surface area contributed by atoms with Crippen LogP contribution in [0, 0.1) is 13.8 Å². The summed E-state index contributed by atoms with van der Waals surface area (Å²) in [6.45, 7) is 8.88. The minimum atomic E-state index is -0.443. The van der Waals surface area contributed by atoms with E-state index in [-0.39, 0.29) is 17.6 Å². The summed E-state index contributed by atoms with van der Waals surface area (Å²) in [5.74, 6) is 1.20. The molecule has 2 saturated heterocycles. The number of aryl methyl sites for hydroxylation is 2. The third-order valence-corrected chi connectivity index (χ3v) is 5.26. The van der Waals surface area contributed by atoms with Gasteiger partial charge in [0, 0.05) is 32.4 Å². The van der Waals surface area contributed by atoms with E-state index in [1.165, 1.54) is 4.90 Å². The second-order valence-corrected chi connectivity index (χ2v) is 7.51. The number of aromatic nitrogens is 3. The number of hydrogen-bond donors (Lipinski definition) is 0. The van der Waals surface area contributed by atoms with Crippen LogP contribution in [0.3, 0.4) is 0 Å². The van der Waals surface area contributed by atoms with Gasteiger partial charge < -0.3 is 14.5 Å². The fraction of sp³-hybridized carbons (Fsp3) is 0.450. The molecule has 9 heteroatoms. The molecule has 2 aromatic rings. The molecule has 2 fully saturated rings. The molecular formula is C20H24N6O3. The van der Waals surface area contributed by atoms with Gasteiger partial charge in [-0.3, -0.25) is 9.69 Å². The van der Waals surface area contributed by atoms with Crippen LogP contribution >= 0.6 is 0 Å². The fourth-order valence-electron chi connectivity index (χ4n) is 3.73. The van der Waals surface area contributed by atoms with Crippen molar-refractivity contribution in [1.29, 1.82) is 0 Å². The first kappa shape index (κ1) is 19.1. The summed E-state index contributed by atoms with van der Waals surface area (Å²) in [7, 11) is 0. The molecule has 0 saturated carbocycles. The predicted molar refractivity (Wildman–Crippen MR) is 107 cm³/mol. The molecule has 0 aromatic carbocycles. The number of carbonyl (C=O) groups excluding carboxylic acids is 2. The van der Waals surface area contributed by atoms with Gasteiger partial charge in [-0.15, -0.1) is 10.2 Å². The maximum atomic E-state index is 12.8. The van der Waals surface area contributed by atoms with Gasteiger partial charge in [-0.25, -0.2) is 9.78 Å². The van der Waals surface area contributed by atoms with E-state index in [4.69, 9.17) is 4.74 Å². The zero-order valence-corrected chi connectivity index (χ0v) is 16.8. The van der Waals surface area contributed by atoms with E-state index in [0.29, 0.717) is 38.6 Å². The average molecular weight is 396 g/mol. The minimum absolute atomic E-state index is 0.106. The van der Waals surface area contributed by atoms with Crippen molar-refractivity contribution in [3.05, 3.63) is 41.2 Å². The zero-order valence-electron chi connectivity index (χ0n) is 16.8. The lowest BCUT2D eigenvalue weighted by Crippen LogP contribution is -2.49. The van der Waals surface area contributed by atoms with Gasteiger partial charge in [-0.2, -0.15) is 0 Å². The Balaban J connectivity index is 1.40. The molecule has 0 bridgehead atoms. The lowest BCUT2D eigenvalue weighted by molar-refractivity contribution is 0.0739. The number of rotatable bonds is 3. The molecule has 29 heavy (non-hydrogen) atoms. The molecule has 4 heterocycles. The maximum Gasteiger partial charge on any atom is 0.415 e. The van der Waals surface area contributed by atoms with Gasteiger partial charge in [0.15, 0.2) is 11.5 Å². The third kappa shape index (κ3) is 3.72. The van der Waals surface area contributed by atoms with E-state index in [2.05, 4.69) is 33.1 Å². The average Bonchev–Trinajstić information content (AvgIpc) is 3.06. The Bertz CT molecular complexity index is 924. The first-order valence-corrected chi connectivity index (χ1v) is 9.71. The number of carbonyl (C=O) groups is 2. The highest BCUT2D eigenvalue weighted by Gasteiger charge is 2.32. The molecule has 4 rings (SSSR count). The molecule has 2 aromatic heterocycles. The van der Waals surface area contributed by atoms with E-state index in [0.717, 1.165) is 16.9 Å². The smallest absolute Gasteiger partial charge is 0.415 e. The van der Waals surface area contributed by atoms with Crippen LogP contribution in [-0.4, -0.2) is 70.9 Å². The molecule has 0 spiro atoms. The number of piperazine rings is 1. The Hall–Kier alpha value is -3.23. The Kier molecular flexibility index (Phi) is 5.04. The molecule has 1 atom stereocenters. The van der Waals surface area contributed by atoms with Crippen LogP contribution in [0.5, 0.6) is 0 Å². The Morgan fingerprint density at radius 1 is 1.14 bits per heavy atom. The van der Waals surface area contributed by atoms with Crippen LogP contribution < -0.4 is 9.80 Å². The molecule has 2 amide bonds. The minimum Gasteiger partial charge on any atom is -0.447 e. The molecule has 0 radical (unpaired) electrons. The number of nitrogens with zero attached hydrogens (tertiary/aromatic N) is 6. The molecule has 2 aliphatic heterocycles. The fourth-order valence-corrected chi connectivity index (χ4v) is 3.73. The number of cyclic esters (lactones) is 1. The summed E-state index contributed by atoms with van der Waals surface area (Å²) in [5.41, 5.74) is 2.55. The van der Waals surface area contributed by atoms with Gasteiger partial charge >= 0.3 is 6.09 Å². The Morgan fingerprint density at radius 3 is 2.48 bits per heavy atom. The number of hydrogen-bond acceptors (Lipinski definition) is 7. The van der Waals surface area contributed by atoms with Gasteiger partial charge in [0.2, 0.25) is 0 Å². The van der Waals surface area contributed by atoms with Gasteiger partial charge in [0.05, 0.1) is 6.04 Å². The van der Waals surface area contributed by atoms with Crippen molar-refractivity contribution in [1.82, 2.24) is 20.1 Å². The largest absolute Gasteiger partial charge is 0.447 e. The van der Waals surface area contributed by atoms with Crippen LogP contribution in [0.4, 0.5) is 16.4 Å². The van der Waals surface area contributed by atoms with Crippen molar-refractivity contribution < 1.29 is 14.3 Å². The summed E-state index contributed by atoms with van der Waals surface area (Å²) in [4.78, 5) is 34.6. The van der Waals surface area contributed by atoms with Crippen molar-refractivity contribution in [2.75, 3.05) is 42.6 Å². The van der Waals surface area contributed by atoms with E-state index in [9.17, 15) is 9.59 Å². The van der Waals surface area contributed by atoms with Crippen LogP contribution in [0.15, 0.2) is 24.4 Å². The molecule has 152 valence electrons.